The van der Waals surface area contributed by atoms with Gasteiger partial charge in [0.15, 0.2) is 0 Å². The molecule has 1 saturated carbocycles. The summed E-state index contributed by atoms with van der Waals surface area (Å²) in [6, 6.07) is -1.09. The van der Waals surface area contributed by atoms with Gasteiger partial charge < -0.3 is 20.4 Å². The molecule has 1 rings (SSSR count). The van der Waals surface area contributed by atoms with Crippen LogP contribution in [-0.2, 0) is 4.79 Å². The molecule has 19 heavy (non-hydrogen) atoms. The number of hydrogen-bond acceptors (Lipinski definition) is 3. The van der Waals surface area contributed by atoms with E-state index in [-0.39, 0.29) is 25.2 Å². The molecule has 0 heterocycles. The van der Waals surface area contributed by atoms with E-state index in [0.717, 1.165) is 25.7 Å². The van der Waals surface area contributed by atoms with Crippen LogP contribution in [-0.4, -0.2) is 52.3 Å². The number of nitrogens with one attached hydrogen (secondary N) is 1. The molecule has 2 amide bonds. The van der Waals surface area contributed by atoms with Gasteiger partial charge in [0, 0.05) is 12.6 Å². The van der Waals surface area contributed by atoms with E-state index >= 15 is 0 Å². The molecule has 0 unspecified atom stereocenters. The Balaban J connectivity index is 2.61. The van der Waals surface area contributed by atoms with Crippen LogP contribution in [0.2, 0.25) is 0 Å². The second-order valence-electron chi connectivity index (χ2n) is 4.98. The van der Waals surface area contributed by atoms with Crippen LogP contribution in [0.25, 0.3) is 0 Å². The first-order chi connectivity index (χ1) is 9.10. The minimum Gasteiger partial charge on any atom is -0.480 e. The summed E-state index contributed by atoms with van der Waals surface area (Å²) in [5.41, 5.74) is 0. The number of aliphatic hydroxyl groups excluding tert-OH is 1. The molecule has 0 spiro atoms. The Morgan fingerprint density at radius 3 is 2.47 bits per heavy atom. The first-order valence-electron chi connectivity index (χ1n) is 7.01. The number of carbonyl (C=O) groups is 2. The number of carbonyl (C=O) groups excluding carboxylic acids is 1. The lowest BCUT2D eigenvalue weighted by atomic mass is 10.1. The largest absolute Gasteiger partial charge is 0.480 e. The number of amides is 2. The number of carboxylic acid groups (broad SMARTS) is 1. The van der Waals surface area contributed by atoms with Crippen LogP contribution in [0.5, 0.6) is 0 Å². The molecule has 1 fully saturated rings. The van der Waals surface area contributed by atoms with Gasteiger partial charge in [-0.15, -0.1) is 0 Å². The van der Waals surface area contributed by atoms with Gasteiger partial charge in [-0.2, -0.15) is 0 Å². The van der Waals surface area contributed by atoms with Crippen molar-refractivity contribution in [2.24, 2.45) is 0 Å². The molecule has 3 N–H and O–H groups in total. The lowest BCUT2D eigenvalue weighted by Crippen LogP contribution is -2.51. The summed E-state index contributed by atoms with van der Waals surface area (Å²) in [7, 11) is 0. The molecule has 0 aromatic rings. The minimum absolute atomic E-state index is 0.102. The van der Waals surface area contributed by atoms with Crippen molar-refractivity contribution in [3.05, 3.63) is 0 Å². The molecule has 1 aliphatic rings. The fourth-order valence-corrected chi connectivity index (χ4v) is 2.55. The number of aliphatic carboxylic acids is 1. The van der Waals surface area contributed by atoms with Crippen molar-refractivity contribution >= 4 is 12.0 Å². The average molecular weight is 272 g/mol. The van der Waals surface area contributed by atoms with E-state index in [0.29, 0.717) is 12.8 Å². The summed E-state index contributed by atoms with van der Waals surface area (Å²) in [6.45, 7) is 2.04. The van der Waals surface area contributed by atoms with Crippen LogP contribution in [0.15, 0.2) is 0 Å². The number of urea groups is 1. The van der Waals surface area contributed by atoms with Gasteiger partial charge in [-0.1, -0.05) is 26.2 Å². The molecule has 0 aliphatic heterocycles. The van der Waals surface area contributed by atoms with Crippen LogP contribution >= 0.6 is 0 Å². The Hall–Kier alpha value is -1.30. The van der Waals surface area contributed by atoms with Crippen LogP contribution in [0.3, 0.4) is 0 Å². The van der Waals surface area contributed by atoms with Crippen molar-refractivity contribution in [2.45, 2.75) is 57.5 Å². The third-order valence-corrected chi connectivity index (χ3v) is 3.54. The number of hydrogen-bond donors (Lipinski definition) is 3. The fourth-order valence-electron chi connectivity index (χ4n) is 2.55. The van der Waals surface area contributed by atoms with E-state index in [1.807, 2.05) is 6.92 Å². The summed E-state index contributed by atoms with van der Waals surface area (Å²) >= 11 is 0. The van der Waals surface area contributed by atoms with Crippen molar-refractivity contribution < 1.29 is 19.8 Å². The molecule has 1 atom stereocenters. The third kappa shape index (κ3) is 4.70. The Labute approximate surface area is 113 Å². The monoisotopic (exact) mass is 272 g/mol. The fraction of sp³-hybridized carbons (Fsp3) is 0.846. The quantitative estimate of drug-likeness (QED) is 0.649. The van der Waals surface area contributed by atoms with Gasteiger partial charge in [0.1, 0.15) is 6.04 Å². The van der Waals surface area contributed by atoms with E-state index in [9.17, 15) is 9.59 Å². The molecular weight excluding hydrogens is 248 g/mol. The standard InChI is InChI=1S/C13H24N2O4/c1-2-5-11(12(17)18)14-13(19)15(8-9-16)10-6-3-4-7-10/h10-11,16H,2-9H2,1H3,(H,14,19)(H,17,18)/t11-/m0/s1. The first-order valence-corrected chi connectivity index (χ1v) is 7.01. The lowest BCUT2D eigenvalue weighted by Gasteiger charge is -2.29. The molecule has 0 aromatic heterocycles. The molecule has 1 aliphatic carbocycles. The SMILES string of the molecule is CCC[C@H](NC(=O)N(CCO)C1CCCC1)C(=O)O. The Morgan fingerprint density at radius 2 is 2.00 bits per heavy atom. The summed E-state index contributed by atoms with van der Waals surface area (Å²) < 4.78 is 0. The van der Waals surface area contributed by atoms with Gasteiger partial charge in [-0.3, -0.25) is 0 Å². The van der Waals surface area contributed by atoms with Gasteiger partial charge in [-0.05, 0) is 19.3 Å². The second-order valence-corrected chi connectivity index (χ2v) is 4.98. The highest BCUT2D eigenvalue weighted by molar-refractivity contribution is 5.82. The van der Waals surface area contributed by atoms with Crippen LogP contribution < -0.4 is 5.32 Å². The zero-order valence-electron chi connectivity index (χ0n) is 11.5. The van der Waals surface area contributed by atoms with E-state index < -0.39 is 12.0 Å². The minimum atomic E-state index is -1.01. The van der Waals surface area contributed by atoms with Crippen molar-refractivity contribution in [1.82, 2.24) is 10.2 Å². The topological polar surface area (TPSA) is 89.9 Å². The summed E-state index contributed by atoms with van der Waals surface area (Å²) in [5, 5.41) is 20.7. The van der Waals surface area contributed by atoms with E-state index in [1.54, 1.807) is 4.90 Å². The van der Waals surface area contributed by atoms with Crippen molar-refractivity contribution in [1.29, 1.82) is 0 Å². The van der Waals surface area contributed by atoms with Crippen LogP contribution in [0.4, 0.5) is 4.79 Å². The number of aliphatic hydroxyl groups is 1. The van der Waals surface area contributed by atoms with E-state index in [1.165, 1.54) is 0 Å². The summed E-state index contributed by atoms with van der Waals surface area (Å²) in [5.74, 6) is -1.01. The maximum atomic E-state index is 12.2. The van der Waals surface area contributed by atoms with Gasteiger partial charge >= 0.3 is 12.0 Å². The van der Waals surface area contributed by atoms with Crippen molar-refractivity contribution in [2.75, 3.05) is 13.2 Å². The van der Waals surface area contributed by atoms with Gasteiger partial charge in [0.2, 0.25) is 0 Å². The van der Waals surface area contributed by atoms with Crippen LogP contribution in [0, 0.1) is 0 Å². The van der Waals surface area contributed by atoms with Crippen LogP contribution in [0.1, 0.15) is 45.4 Å². The number of carboxylic acids is 1. The van der Waals surface area contributed by atoms with Gasteiger partial charge in [0.25, 0.3) is 0 Å². The average Bonchev–Trinajstić information content (AvgIpc) is 2.88. The molecule has 110 valence electrons. The molecule has 0 bridgehead atoms. The second kappa shape index (κ2) is 7.99. The normalized spacial score (nSPS) is 17.2. The summed E-state index contributed by atoms with van der Waals surface area (Å²) in [6.07, 6.45) is 5.13. The number of rotatable bonds is 7. The van der Waals surface area contributed by atoms with Gasteiger partial charge in [0.05, 0.1) is 6.61 Å². The zero-order valence-corrected chi connectivity index (χ0v) is 11.5. The Morgan fingerprint density at radius 1 is 1.37 bits per heavy atom. The maximum Gasteiger partial charge on any atom is 0.326 e. The predicted molar refractivity (Wildman–Crippen MR) is 70.9 cm³/mol. The van der Waals surface area contributed by atoms with Gasteiger partial charge in [-0.25, -0.2) is 9.59 Å². The highest BCUT2D eigenvalue weighted by atomic mass is 16.4. The number of nitrogens with zero attached hydrogens (tertiary/aromatic N) is 1. The highest BCUT2D eigenvalue weighted by Crippen LogP contribution is 2.23. The zero-order chi connectivity index (χ0) is 14.3. The van der Waals surface area contributed by atoms with E-state index in [4.69, 9.17) is 10.2 Å². The summed E-state index contributed by atoms with van der Waals surface area (Å²) in [4.78, 5) is 24.8. The smallest absolute Gasteiger partial charge is 0.326 e. The molecular formula is C13H24N2O4. The molecule has 6 nitrogen and oxygen atoms in total. The lowest BCUT2D eigenvalue weighted by molar-refractivity contribution is -0.139. The molecule has 6 heteroatoms. The maximum absolute atomic E-state index is 12.2. The Kier molecular flexibility index (Phi) is 6.62. The molecule has 0 radical (unpaired) electrons. The molecule has 0 aromatic carbocycles. The highest BCUT2D eigenvalue weighted by Gasteiger charge is 2.28. The van der Waals surface area contributed by atoms with Crippen molar-refractivity contribution in [3.63, 3.8) is 0 Å². The van der Waals surface area contributed by atoms with E-state index in [2.05, 4.69) is 5.32 Å². The van der Waals surface area contributed by atoms with Crippen molar-refractivity contribution in [3.8, 4) is 0 Å². The third-order valence-electron chi connectivity index (χ3n) is 3.54. The Bertz CT molecular complexity index is 303. The predicted octanol–water partition coefficient (Wildman–Crippen LogP) is 1.19. The first kappa shape index (κ1) is 15.8. The molecule has 0 saturated heterocycles.